The van der Waals surface area contributed by atoms with Gasteiger partial charge in [-0.3, -0.25) is 0 Å². The third-order valence-electron chi connectivity index (χ3n) is 6.01. The average Bonchev–Trinajstić information content (AvgIpc) is 3.15. The largest absolute Gasteiger partial charge is 0.493 e. The van der Waals surface area contributed by atoms with Crippen molar-refractivity contribution in [2.45, 2.75) is 50.6 Å². The third-order valence-corrected chi connectivity index (χ3v) is 6.01. The summed E-state index contributed by atoms with van der Waals surface area (Å²) in [5.41, 5.74) is 1.28. The van der Waals surface area contributed by atoms with Crippen molar-refractivity contribution in [3.63, 3.8) is 0 Å². The zero-order chi connectivity index (χ0) is 18.6. The number of nitrogens with one attached hydrogen (secondary N) is 2. The van der Waals surface area contributed by atoms with Crippen LogP contribution in [-0.2, 0) is 10.2 Å². The standard InChI is InChI=1S/C21H34N2O3/c1-21(2,15-8-9-19(24-3)20(12-15)25-4)14-23-17-7-5-6-16(17)18-13-26-11-10-22-18/h8-9,12,16-18,22-23H,5-7,10-11,13-14H2,1-4H3. The van der Waals surface area contributed by atoms with E-state index in [4.69, 9.17) is 14.2 Å². The van der Waals surface area contributed by atoms with Gasteiger partial charge in [0.1, 0.15) is 0 Å². The molecule has 1 aromatic rings. The first-order valence-electron chi connectivity index (χ1n) is 9.82. The number of benzene rings is 1. The van der Waals surface area contributed by atoms with Gasteiger partial charge in [-0.2, -0.15) is 0 Å². The molecule has 1 saturated carbocycles. The van der Waals surface area contributed by atoms with Crippen molar-refractivity contribution < 1.29 is 14.2 Å². The average molecular weight is 363 g/mol. The molecule has 1 saturated heterocycles. The Kier molecular flexibility index (Phi) is 6.43. The van der Waals surface area contributed by atoms with Crippen molar-refractivity contribution in [3.05, 3.63) is 23.8 Å². The highest BCUT2D eigenvalue weighted by Crippen LogP contribution is 2.34. The first kappa shape index (κ1) is 19.5. The molecule has 1 aromatic carbocycles. The number of hydrogen-bond donors (Lipinski definition) is 2. The molecule has 26 heavy (non-hydrogen) atoms. The van der Waals surface area contributed by atoms with Crippen molar-refractivity contribution in [1.82, 2.24) is 10.6 Å². The van der Waals surface area contributed by atoms with Gasteiger partial charge in [-0.15, -0.1) is 0 Å². The van der Waals surface area contributed by atoms with Crippen LogP contribution in [0.5, 0.6) is 11.5 Å². The summed E-state index contributed by atoms with van der Waals surface area (Å²) in [5.74, 6) is 2.23. The molecule has 5 heteroatoms. The van der Waals surface area contributed by atoms with Crippen molar-refractivity contribution in [2.24, 2.45) is 5.92 Å². The van der Waals surface area contributed by atoms with Gasteiger partial charge in [0.05, 0.1) is 27.4 Å². The zero-order valence-corrected chi connectivity index (χ0v) is 16.6. The van der Waals surface area contributed by atoms with E-state index in [1.165, 1.54) is 24.8 Å². The van der Waals surface area contributed by atoms with Gasteiger partial charge in [0.15, 0.2) is 11.5 Å². The monoisotopic (exact) mass is 362 g/mol. The van der Waals surface area contributed by atoms with Gasteiger partial charge in [0.25, 0.3) is 0 Å². The van der Waals surface area contributed by atoms with E-state index >= 15 is 0 Å². The van der Waals surface area contributed by atoms with Crippen LogP contribution in [0.3, 0.4) is 0 Å². The molecular weight excluding hydrogens is 328 g/mol. The van der Waals surface area contributed by atoms with E-state index in [9.17, 15) is 0 Å². The minimum Gasteiger partial charge on any atom is -0.493 e. The van der Waals surface area contributed by atoms with Crippen LogP contribution in [0, 0.1) is 5.92 Å². The maximum Gasteiger partial charge on any atom is 0.161 e. The Morgan fingerprint density at radius 2 is 2.00 bits per heavy atom. The molecule has 5 nitrogen and oxygen atoms in total. The van der Waals surface area contributed by atoms with Gasteiger partial charge in [-0.1, -0.05) is 26.3 Å². The molecule has 0 radical (unpaired) electrons. The molecule has 1 aliphatic heterocycles. The van der Waals surface area contributed by atoms with Gasteiger partial charge >= 0.3 is 0 Å². The summed E-state index contributed by atoms with van der Waals surface area (Å²) in [4.78, 5) is 0. The van der Waals surface area contributed by atoms with E-state index in [0.717, 1.165) is 37.8 Å². The summed E-state index contributed by atoms with van der Waals surface area (Å²) in [6.45, 7) is 8.18. The van der Waals surface area contributed by atoms with E-state index in [1.54, 1.807) is 14.2 Å². The first-order valence-corrected chi connectivity index (χ1v) is 9.82. The molecule has 3 unspecified atom stereocenters. The Labute approximate surface area is 157 Å². The van der Waals surface area contributed by atoms with Crippen LogP contribution in [0.15, 0.2) is 18.2 Å². The molecule has 2 N–H and O–H groups in total. The Hall–Kier alpha value is -1.30. The molecular formula is C21H34N2O3. The maximum atomic E-state index is 5.69. The lowest BCUT2D eigenvalue weighted by atomic mass is 9.83. The van der Waals surface area contributed by atoms with Gasteiger partial charge in [-0.05, 0) is 36.5 Å². The van der Waals surface area contributed by atoms with Crippen molar-refractivity contribution in [1.29, 1.82) is 0 Å². The SMILES string of the molecule is COc1ccc(C(C)(C)CNC2CCCC2C2COCCN2)cc1OC. The molecule has 3 atom stereocenters. The summed E-state index contributed by atoms with van der Waals surface area (Å²) in [7, 11) is 3.36. The fraction of sp³-hybridized carbons (Fsp3) is 0.714. The Morgan fingerprint density at radius 3 is 2.69 bits per heavy atom. The summed E-state index contributed by atoms with van der Waals surface area (Å²) < 4.78 is 16.5. The van der Waals surface area contributed by atoms with Crippen LogP contribution in [-0.4, -0.2) is 52.6 Å². The smallest absolute Gasteiger partial charge is 0.161 e. The topological polar surface area (TPSA) is 51.8 Å². The van der Waals surface area contributed by atoms with Crippen LogP contribution >= 0.6 is 0 Å². The Balaban J connectivity index is 1.63. The molecule has 2 aliphatic rings. The molecule has 3 rings (SSSR count). The zero-order valence-electron chi connectivity index (χ0n) is 16.6. The van der Waals surface area contributed by atoms with Crippen LogP contribution in [0.4, 0.5) is 0 Å². The molecule has 1 aliphatic carbocycles. The number of methoxy groups -OCH3 is 2. The van der Waals surface area contributed by atoms with Crippen molar-refractivity contribution in [2.75, 3.05) is 40.5 Å². The summed E-state index contributed by atoms with van der Waals surface area (Å²) in [6, 6.07) is 7.30. The lowest BCUT2D eigenvalue weighted by Gasteiger charge is -2.35. The maximum absolute atomic E-state index is 5.69. The van der Waals surface area contributed by atoms with Crippen molar-refractivity contribution in [3.8, 4) is 11.5 Å². The van der Waals surface area contributed by atoms with Gasteiger partial charge in [0, 0.05) is 30.6 Å². The van der Waals surface area contributed by atoms with Crippen LogP contribution < -0.4 is 20.1 Å². The molecule has 0 amide bonds. The molecule has 0 bridgehead atoms. The number of ether oxygens (including phenoxy) is 3. The second-order valence-corrected chi connectivity index (χ2v) is 8.17. The molecule has 0 aromatic heterocycles. The third kappa shape index (κ3) is 4.33. The highest BCUT2D eigenvalue weighted by molar-refractivity contribution is 5.45. The summed E-state index contributed by atoms with van der Waals surface area (Å²) in [6.07, 6.45) is 3.84. The molecule has 2 fully saturated rings. The second kappa shape index (κ2) is 8.59. The van der Waals surface area contributed by atoms with Gasteiger partial charge in [-0.25, -0.2) is 0 Å². The van der Waals surface area contributed by atoms with Crippen LogP contribution in [0.25, 0.3) is 0 Å². The number of morpholine rings is 1. The predicted molar refractivity (Wildman–Crippen MR) is 104 cm³/mol. The fourth-order valence-corrected chi connectivity index (χ4v) is 4.33. The minimum atomic E-state index is 0.0170. The fourth-order valence-electron chi connectivity index (χ4n) is 4.33. The van der Waals surface area contributed by atoms with Gasteiger partial charge < -0.3 is 24.8 Å². The highest BCUT2D eigenvalue weighted by atomic mass is 16.5. The first-order chi connectivity index (χ1) is 12.5. The van der Waals surface area contributed by atoms with E-state index in [2.05, 4.69) is 36.6 Å². The van der Waals surface area contributed by atoms with E-state index < -0.39 is 0 Å². The Morgan fingerprint density at radius 1 is 1.19 bits per heavy atom. The number of hydrogen-bond acceptors (Lipinski definition) is 5. The lowest BCUT2D eigenvalue weighted by Crippen LogP contribution is -2.52. The summed E-state index contributed by atoms with van der Waals surface area (Å²) in [5, 5.41) is 7.52. The normalized spacial score (nSPS) is 26.7. The van der Waals surface area contributed by atoms with E-state index in [1.807, 2.05) is 6.07 Å². The van der Waals surface area contributed by atoms with Gasteiger partial charge in [0.2, 0.25) is 0 Å². The molecule has 146 valence electrons. The van der Waals surface area contributed by atoms with E-state index in [0.29, 0.717) is 18.0 Å². The Bertz CT molecular complexity index is 585. The van der Waals surface area contributed by atoms with Crippen LogP contribution in [0.1, 0.15) is 38.7 Å². The quantitative estimate of drug-likeness (QED) is 0.781. The molecule has 1 heterocycles. The minimum absolute atomic E-state index is 0.0170. The van der Waals surface area contributed by atoms with Crippen LogP contribution in [0.2, 0.25) is 0 Å². The summed E-state index contributed by atoms with van der Waals surface area (Å²) >= 11 is 0. The number of rotatable bonds is 7. The molecule has 0 spiro atoms. The highest BCUT2D eigenvalue weighted by Gasteiger charge is 2.35. The lowest BCUT2D eigenvalue weighted by molar-refractivity contribution is 0.0522. The van der Waals surface area contributed by atoms with E-state index in [-0.39, 0.29) is 5.41 Å². The predicted octanol–water partition coefficient (Wildman–Crippen LogP) is 2.73. The van der Waals surface area contributed by atoms with Crippen molar-refractivity contribution >= 4 is 0 Å². The second-order valence-electron chi connectivity index (χ2n) is 8.17.